The van der Waals surface area contributed by atoms with Gasteiger partial charge in [-0.05, 0) is 66.4 Å². The second-order valence-electron chi connectivity index (χ2n) is 8.04. The Hall–Kier alpha value is -2.58. The summed E-state index contributed by atoms with van der Waals surface area (Å²) in [5.41, 5.74) is 1.50. The van der Waals surface area contributed by atoms with E-state index in [1.807, 2.05) is 18.0 Å². The summed E-state index contributed by atoms with van der Waals surface area (Å²) in [6, 6.07) is 7.65. The van der Waals surface area contributed by atoms with Crippen LogP contribution >= 0.6 is 15.9 Å². The average Bonchev–Trinajstić information content (AvgIpc) is 3.13. The smallest absolute Gasteiger partial charge is 0.270 e. The zero-order chi connectivity index (χ0) is 22.3. The van der Waals surface area contributed by atoms with Gasteiger partial charge in [0.15, 0.2) is 11.6 Å². The molecule has 2 aliphatic heterocycles. The molecular formula is C23H23BrF2N4O. The first-order valence-corrected chi connectivity index (χ1v) is 10.8. The Morgan fingerprint density at radius 3 is 2.81 bits per heavy atom. The molecule has 1 saturated heterocycles. The minimum absolute atomic E-state index is 0.0569. The number of nitrogens with zero attached hydrogens (tertiary/aromatic N) is 3. The Morgan fingerprint density at radius 2 is 2.10 bits per heavy atom. The van der Waals surface area contributed by atoms with E-state index in [0.29, 0.717) is 23.6 Å². The maximum Gasteiger partial charge on any atom is 0.270 e. The molecule has 0 aliphatic carbocycles. The number of carbonyl (C=O) groups is 1. The molecule has 31 heavy (non-hydrogen) atoms. The Labute approximate surface area is 188 Å². The zero-order valence-electron chi connectivity index (χ0n) is 17.4. The number of nitrogens with one attached hydrogen (secondary N) is 1. The van der Waals surface area contributed by atoms with Crippen molar-refractivity contribution >= 4 is 27.7 Å². The van der Waals surface area contributed by atoms with Gasteiger partial charge in [-0.3, -0.25) is 9.80 Å². The highest BCUT2D eigenvalue weighted by Crippen LogP contribution is 2.44. The molecule has 1 aromatic carbocycles. The summed E-state index contributed by atoms with van der Waals surface area (Å²) in [6.07, 6.45) is 3.39. The molecule has 0 spiro atoms. The van der Waals surface area contributed by atoms with Crippen molar-refractivity contribution in [3.05, 3.63) is 81.6 Å². The molecule has 0 radical (unpaired) electrons. The molecule has 2 aromatic rings. The van der Waals surface area contributed by atoms with E-state index >= 15 is 0 Å². The van der Waals surface area contributed by atoms with Crippen molar-refractivity contribution < 1.29 is 13.6 Å². The van der Waals surface area contributed by atoms with Crippen LogP contribution in [0, 0.1) is 11.6 Å². The highest BCUT2D eigenvalue weighted by molar-refractivity contribution is 9.10. The fourth-order valence-corrected chi connectivity index (χ4v) is 4.63. The number of halogens is 3. The van der Waals surface area contributed by atoms with Crippen LogP contribution in [0.3, 0.4) is 0 Å². The maximum atomic E-state index is 14.4. The molecule has 0 saturated carbocycles. The van der Waals surface area contributed by atoms with Gasteiger partial charge in [-0.15, -0.1) is 0 Å². The molecule has 1 unspecified atom stereocenters. The lowest BCUT2D eigenvalue weighted by Gasteiger charge is -2.48. The van der Waals surface area contributed by atoms with E-state index in [2.05, 4.69) is 39.7 Å². The summed E-state index contributed by atoms with van der Waals surface area (Å²) >= 11 is 3.35. The zero-order valence-corrected chi connectivity index (χ0v) is 19.0. The number of anilines is 1. The molecule has 4 rings (SSSR count). The van der Waals surface area contributed by atoms with Crippen molar-refractivity contribution in [2.75, 3.05) is 11.9 Å². The number of amides is 1. The molecule has 2 aliphatic rings. The second kappa shape index (κ2) is 8.16. The molecule has 1 amide bonds. The van der Waals surface area contributed by atoms with Gasteiger partial charge in [0.25, 0.3) is 5.91 Å². The van der Waals surface area contributed by atoms with Crippen molar-refractivity contribution in [1.29, 1.82) is 0 Å². The molecule has 1 fully saturated rings. The number of hydrogen-bond donors (Lipinski definition) is 1. The third kappa shape index (κ3) is 3.78. The molecule has 3 heterocycles. The fourth-order valence-electron chi connectivity index (χ4n) is 4.40. The number of carbonyl (C=O) groups excluding carboxylic acids is 1. The van der Waals surface area contributed by atoms with Crippen LogP contribution in [0.25, 0.3) is 0 Å². The van der Waals surface area contributed by atoms with E-state index in [0.717, 1.165) is 29.0 Å². The van der Waals surface area contributed by atoms with E-state index in [-0.39, 0.29) is 18.0 Å². The summed E-state index contributed by atoms with van der Waals surface area (Å²) in [5.74, 6) is -1.59. The first-order chi connectivity index (χ1) is 14.7. The first kappa shape index (κ1) is 21.6. The monoisotopic (exact) mass is 488 g/mol. The van der Waals surface area contributed by atoms with Crippen molar-refractivity contribution in [3.8, 4) is 0 Å². The fraction of sp³-hybridized carbons (Fsp3) is 0.304. The van der Waals surface area contributed by atoms with Gasteiger partial charge in [0.05, 0.1) is 17.7 Å². The van der Waals surface area contributed by atoms with Gasteiger partial charge >= 0.3 is 0 Å². The van der Waals surface area contributed by atoms with E-state index in [1.54, 1.807) is 12.3 Å². The van der Waals surface area contributed by atoms with Crippen LogP contribution in [0.2, 0.25) is 0 Å². The van der Waals surface area contributed by atoms with Crippen LogP contribution in [0.4, 0.5) is 14.6 Å². The minimum Gasteiger partial charge on any atom is -0.340 e. The summed E-state index contributed by atoms with van der Waals surface area (Å²) in [4.78, 5) is 17.9. The number of benzene rings is 1. The summed E-state index contributed by atoms with van der Waals surface area (Å²) in [5, 5.41) is 6.62. The van der Waals surface area contributed by atoms with Crippen LogP contribution in [0.15, 0.2) is 64.4 Å². The third-order valence-corrected chi connectivity index (χ3v) is 6.65. The number of hydrogen-bond acceptors (Lipinski definition) is 4. The van der Waals surface area contributed by atoms with Gasteiger partial charge in [-0.25, -0.2) is 18.8 Å². The van der Waals surface area contributed by atoms with Crippen molar-refractivity contribution in [3.63, 3.8) is 0 Å². The Bertz CT molecular complexity index is 1090. The van der Waals surface area contributed by atoms with Gasteiger partial charge in [0.2, 0.25) is 0 Å². The summed E-state index contributed by atoms with van der Waals surface area (Å²) in [7, 11) is 0. The normalized spacial score (nSPS) is 21.5. The highest BCUT2D eigenvalue weighted by atomic mass is 79.9. The van der Waals surface area contributed by atoms with E-state index in [4.69, 9.17) is 0 Å². The van der Waals surface area contributed by atoms with E-state index in [9.17, 15) is 13.6 Å². The molecule has 1 aromatic heterocycles. The summed E-state index contributed by atoms with van der Waals surface area (Å²) < 4.78 is 29.0. The molecule has 0 bridgehead atoms. The standard InChI is InChI=1S/C23H23BrF2N4O/c1-14-20(15(2)28-19-9-8-17(24)12-27-19)22(31)29(30-11-5-10-23(14,30)3)13-16-6-4-7-18(25)21(16)26/h4,6-9,12H,2,5,10-11,13H2,1,3H3,(H,27,28). The molecule has 162 valence electrons. The lowest BCUT2D eigenvalue weighted by atomic mass is 9.84. The predicted molar refractivity (Wildman–Crippen MR) is 119 cm³/mol. The topological polar surface area (TPSA) is 48.5 Å². The Morgan fingerprint density at radius 1 is 1.32 bits per heavy atom. The number of fused-ring (bicyclic) bond motifs is 1. The van der Waals surface area contributed by atoms with E-state index < -0.39 is 17.2 Å². The maximum absolute atomic E-state index is 14.4. The van der Waals surface area contributed by atoms with Crippen LogP contribution in [-0.2, 0) is 11.3 Å². The molecule has 8 heteroatoms. The van der Waals surface area contributed by atoms with Gasteiger partial charge in [0, 0.05) is 28.5 Å². The van der Waals surface area contributed by atoms with Gasteiger partial charge < -0.3 is 5.32 Å². The van der Waals surface area contributed by atoms with Crippen LogP contribution < -0.4 is 5.32 Å². The van der Waals surface area contributed by atoms with Crippen LogP contribution in [0.5, 0.6) is 0 Å². The van der Waals surface area contributed by atoms with Crippen molar-refractivity contribution in [2.24, 2.45) is 0 Å². The lowest BCUT2D eigenvalue weighted by molar-refractivity contribution is -0.156. The molecular weight excluding hydrogens is 466 g/mol. The number of pyridine rings is 1. The van der Waals surface area contributed by atoms with Gasteiger partial charge in [0.1, 0.15) is 5.82 Å². The Balaban J connectivity index is 1.70. The van der Waals surface area contributed by atoms with Crippen LogP contribution in [-0.4, -0.2) is 33.0 Å². The third-order valence-electron chi connectivity index (χ3n) is 6.19. The second-order valence-corrected chi connectivity index (χ2v) is 8.96. The number of aromatic nitrogens is 1. The first-order valence-electron chi connectivity index (χ1n) is 10.0. The average molecular weight is 489 g/mol. The van der Waals surface area contributed by atoms with E-state index in [1.165, 1.54) is 17.1 Å². The Kier molecular flexibility index (Phi) is 5.70. The number of rotatable bonds is 5. The molecule has 1 N–H and O–H groups in total. The summed E-state index contributed by atoms with van der Waals surface area (Å²) in [6.45, 7) is 8.71. The number of hydrazine groups is 1. The SMILES string of the molecule is C=C(Nc1ccc(Br)cn1)C1=C(C)C2(C)CCCN2N(Cc2cccc(F)c2F)C1=O. The quantitative estimate of drug-likeness (QED) is 0.630. The van der Waals surface area contributed by atoms with Gasteiger partial charge in [-0.2, -0.15) is 0 Å². The van der Waals surface area contributed by atoms with Gasteiger partial charge in [-0.1, -0.05) is 18.7 Å². The van der Waals surface area contributed by atoms with Crippen molar-refractivity contribution in [1.82, 2.24) is 15.0 Å². The minimum atomic E-state index is -0.931. The highest BCUT2D eigenvalue weighted by Gasteiger charge is 2.49. The van der Waals surface area contributed by atoms with Crippen LogP contribution in [0.1, 0.15) is 32.3 Å². The molecule has 5 nitrogen and oxygen atoms in total. The lowest BCUT2D eigenvalue weighted by Crippen LogP contribution is -2.59. The largest absolute Gasteiger partial charge is 0.340 e. The van der Waals surface area contributed by atoms with Crippen molar-refractivity contribution in [2.45, 2.75) is 38.8 Å². The molecule has 1 atom stereocenters. The predicted octanol–water partition coefficient (Wildman–Crippen LogP) is 5.18.